The van der Waals surface area contributed by atoms with Crippen molar-refractivity contribution in [3.63, 3.8) is 0 Å². The molecule has 1 fully saturated rings. The van der Waals surface area contributed by atoms with Crippen LogP contribution >= 0.6 is 0 Å². The SMILES string of the molecule is CCN(CC)C(=O)c1cccc(-c2ccc3ncc(N4CCOCC4)nc3c2)c1. The number of carbonyl (C=O) groups is 1. The number of fused-ring (bicyclic) bond motifs is 1. The number of ether oxygens (including phenoxy) is 1. The molecule has 1 aliphatic heterocycles. The molecule has 0 atom stereocenters. The van der Waals surface area contributed by atoms with Gasteiger partial charge in [0.25, 0.3) is 5.91 Å². The number of aromatic nitrogens is 2. The van der Waals surface area contributed by atoms with E-state index in [0.717, 1.165) is 41.1 Å². The van der Waals surface area contributed by atoms with Crippen molar-refractivity contribution in [3.05, 3.63) is 54.2 Å². The van der Waals surface area contributed by atoms with Crippen LogP contribution in [0.3, 0.4) is 0 Å². The van der Waals surface area contributed by atoms with Crippen molar-refractivity contribution < 1.29 is 9.53 Å². The van der Waals surface area contributed by atoms with Crippen LogP contribution in [0, 0.1) is 0 Å². The maximum absolute atomic E-state index is 12.7. The van der Waals surface area contributed by atoms with E-state index in [4.69, 9.17) is 9.72 Å². The average molecular weight is 390 g/mol. The Labute approximate surface area is 171 Å². The van der Waals surface area contributed by atoms with Gasteiger partial charge in [0.15, 0.2) is 0 Å². The second-order valence-corrected chi connectivity index (χ2v) is 7.09. The van der Waals surface area contributed by atoms with Crippen molar-refractivity contribution in [1.82, 2.24) is 14.9 Å². The zero-order valence-electron chi connectivity index (χ0n) is 17.0. The van der Waals surface area contributed by atoms with Crippen LogP contribution in [0.25, 0.3) is 22.2 Å². The van der Waals surface area contributed by atoms with E-state index in [0.29, 0.717) is 31.9 Å². The summed E-state index contributed by atoms with van der Waals surface area (Å²) in [5.41, 5.74) is 4.45. The number of morpholine rings is 1. The Balaban J connectivity index is 1.67. The first kappa shape index (κ1) is 19.3. The van der Waals surface area contributed by atoms with Crippen LogP contribution in [0.4, 0.5) is 5.82 Å². The molecule has 6 heteroatoms. The second-order valence-electron chi connectivity index (χ2n) is 7.09. The van der Waals surface area contributed by atoms with Crippen LogP contribution in [-0.2, 0) is 4.74 Å². The van der Waals surface area contributed by atoms with Gasteiger partial charge in [-0.1, -0.05) is 18.2 Å². The highest BCUT2D eigenvalue weighted by atomic mass is 16.5. The standard InChI is InChI=1S/C23H26N4O2/c1-3-26(4-2)23(28)19-7-5-6-17(14-19)18-8-9-20-21(15-18)25-22(16-24-20)27-10-12-29-13-11-27/h5-9,14-16H,3-4,10-13H2,1-2H3. The van der Waals surface area contributed by atoms with E-state index < -0.39 is 0 Å². The van der Waals surface area contributed by atoms with Gasteiger partial charge >= 0.3 is 0 Å². The van der Waals surface area contributed by atoms with Gasteiger partial charge in [0.1, 0.15) is 5.82 Å². The molecule has 0 N–H and O–H groups in total. The van der Waals surface area contributed by atoms with Crippen LogP contribution in [0.5, 0.6) is 0 Å². The molecule has 0 spiro atoms. The Morgan fingerprint density at radius 2 is 1.79 bits per heavy atom. The third-order valence-electron chi connectivity index (χ3n) is 5.36. The van der Waals surface area contributed by atoms with Gasteiger partial charge in [0.2, 0.25) is 0 Å². The Bertz CT molecular complexity index is 1010. The predicted molar refractivity (Wildman–Crippen MR) is 115 cm³/mol. The molecule has 1 saturated heterocycles. The third kappa shape index (κ3) is 4.07. The fourth-order valence-electron chi connectivity index (χ4n) is 3.65. The van der Waals surface area contributed by atoms with Crippen LogP contribution < -0.4 is 4.90 Å². The summed E-state index contributed by atoms with van der Waals surface area (Å²) in [7, 11) is 0. The lowest BCUT2D eigenvalue weighted by Gasteiger charge is -2.27. The van der Waals surface area contributed by atoms with Gasteiger partial charge in [0.05, 0.1) is 30.4 Å². The van der Waals surface area contributed by atoms with Gasteiger partial charge in [-0.05, 0) is 49.2 Å². The molecule has 1 aromatic heterocycles. The summed E-state index contributed by atoms with van der Waals surface area (Å²) in [5, 5.41) is 0. The summed E-state index contributed by atoms with van der Waals surface area (Å²) >= 11 is 0. The fourth-order valence-corrected chi connectivity index (χ4v) is 3.65. The zero-order valence-corrected chi connectivity index (χ0v) is 17.0. The number of amides is 1. The van der Waals surface area contributed by atoms with E-state index in [9.17, 15) is 4.79 Å². The molecule has 6 nitrogen and oxygen atoms in total. The van der Waals surface area contributed by atoms with Crippen molar-refractivity contribution in [1.29, 1.82) is 0 Å². The Morgan fingerprint density at radius 3 is 2.55 bits per heavy atom. The van der Waals surface area contributed by atoms with Gasteiger partial charge in [-0.3, -0.25) is 9.78 Å². The first-order valence-electron chi connectivity index (χ1n) is 10.2. The van der Waals surface area contributed by atoms with Crippen LogP contribution in [0.15, 0.2) is 48.7 Å². The van der Waals surface area contributed by atoms with Crippen LogP contribution in [0.1, 0.15) is 24.2 Å². The van der Waals surface area contributed by atoms with E-state index >= 15 is 0 Å². The molecule has 0 radical (unpaired) electrons. The molecule has 150 valence electrons. The molecule has 29 heavy (non-hydrogen) atoms. The molecular weight excluding hydrogens is 364 g/mol. The molecule has 0 aliphatic carbocycles. The van der Waals surface area contributed by atoms with Gasteiger partial charge in [-0.2, -0.15) is 0 Å². The minimum Gasteiger partial charge on any atom is -0.378 e. The van der Waals surface area contributed by atoms with Crippen molar-refractivity contribution in [3.8, 4) is 11.1 Å². The molecule has 0 bridgehead atoms. The van der Waals surface area contributed by atoms with Crippen molar-refractivity contribution in [2.45, 2.75) is 13.8 Å². The van der Waals surface area contributed by atoms with E-state index in [2.05, 4.69) is 9.88 Å². The number of benzene rings is 2. The van der Waals surface area contributed by atoms with E-state index in [1.54, 1.807) is 0 Å². The Hall–Kier alpha value is -2.99. The van der Waals surface area contributed by atoms with E-state index in [1.807, 2.05) is 67.4 Å². The van der Waals surface area contributed by atoms with Gasteiger partial charge in [0, 0.05) is 31.7 Å². The lowest BCUT2D eigenvalue weighted by atomic mass is 10.0. The topological polar surface area (TPSA) is 58.6 Å². The van der Waals surface area contributed by atoms with Crippen LogP contribution in [0.2, 0.25) is 0 Å². The lowest BCUT2D eigenvalue weighted by Crippen LogP contribution is -2.36. The van der Waals surface area contributed by atoms with Crippen molar-refractivity contribution in [2.75, 3.05) is 44.3 Å². The lowest BCUT2D eigenvalue weighted by molar-refractivity contribution is 0.0773. The molecule has 2 heterocycles. The zero-order chi connectivity index (χ0) is 20.2. The minimum absolute atomic E-state index is 0.0621. The van der Waals surface area contributed by atoms with Crippen molar-refractivity contribution in [2.24, 2.45) is 0 Å². The highest BCUT2D eigenvalue weighted by molar-refractivity contribution is 5.95. The quantitative estimate of drug-likeness (QED) is 0.666. The fraction of sp³-hybridized carbons (Fsp3) is 0.348. The maximum Gasteiger partial charge on any atom is 0.253 e. The molecule has 0 unspecified atom stereocenters. The van der Waals surface area contributed by atoms with Gasteiger partial charge < -0.3 is 14.5 Å². The molecule has 1 amide bonds. The molecular formula is C23H26N4O2. The smallest absolute Gasteiger partial charge is 0.253 e. The van der Waals surface area contributed by atoms with E-state index in [-0.39, 0.29) is 5.91 Å². The van der Waals surface area contributed by atoms with Crippen LogP contribution in [-0.4, -0.2) is 60.2 Å². The summed E-state index contributed by atoms with van der Waals surface area (Å²) in [5.74, 6) is 0.940. The largest absolute Gasteiger partial charge is 0.378 e. The summed E-state index contributed by atoms with van der Waals surface area (Å²) in [6.45, 7) is 8.49. The molecule has 0 saturated carbocycles. The number of anilines is 1. The highest BCUT2D eigenvalue weighted by Gasteiger charge is 2.15. The first-order valence-corrected chi connectivity index (χ1v) is 10.2. The Kier molecular flexibility index (Phi) is 5.71. The summed E-state index contributed by atoms with van der Waals surface area (Å²) < 4.78 is 5.43. The summed E-state index contributed by atoms with van der Waals surface area (Å²) in [6, 6.07) is 13.9. The normalized spacial score (nSPS) is 14.2. The molecule has 2 aromatic carbocycles. The number of hydrogen-bond acceptors (Lipinski definition) is 5. The maximum atomic E-state index is 12.7. The van der Waals surface area contributed by atoms with E-state index in [1.165, 1.54) is 0 Å². The number of nitrogens with zero attached hydrogens (tertiary/aromatic N) is 4. The molecule has 3 aromatic rings. The number of carbonyl (C=O) groups excluding carboxylic acids is 1. The average Bonchev–Trinajstić information content (AvgIpc) is 2.79. The Morgan fingerprint density at radius 1 is 1.03 bits per heavy atom. The number of hydrogen-bond donors (Lipinski definition) is 0. The molecule has 1 aliphatic rings. The minimum atomic E-state index is 0.0621. The summed E-state index contributed by atoms with van der Waals surface area (Å²) in [4.78, 5) is 26.2. The van der Waals surface area contributed by atoms with Crippen molar-refractivity contribution >= 4 is 22.8 Å². The predicted octanol–water partition coefficient (Wildman–Crippen LogP) is 3.62. The number of rotatable bonds is 5. The summed E-state index contributed by atoms with van der Waals surface area (Å²) in [6.07, 6.45) is 1.83. The first-order chi connectivity index (χ1) is 14.2. The molecule has 4 rings (SSSR count). The highest BCUT2D eigenvalue weighted by Crippen LogP contribution is 2.25. The van der Waals surface area contributed by atoms with Gasteiger partial charge in [-0.15, -0.1) is 0 Å². The second kappa shape index (κ2) is 8.57. The van der Waals surface area contributed by atoms with Gasteiger partial charge in [-0.25, -0.2) is 4.98 Å². The monoisotopic (exact) mass is 390 g/mol. The third-order valence-corrected chi connectivity index (χ3v) is 5.36.